The molecule has 15 heavy (non-hydrogen) atoms. The number of nitrogens with zero attached hydrogens (tertiary/aromatic N) is 1. The van der Waals surface area contributed by atoms with Gasteiger partial charge in [-0.2, -0.15) is 0 Å². The SMILES string of the molecule is CCC1CCN(c2ccc(N)cc2Br)C1. The van der Waals surface area contributed by atoms with Crippen LogP contribution in [0, 0.1) is 5.92 Å². The van der Waals surface area contributed by atoms with E-state index < -0.39 is 0 Å². The molecule has 2 rings (SSSR count). The van der Waals surface area contributed by atoms with Gasteiger partial charge >= 0.3 is 0 Å². The fourth-order valence-electron chi connectivity index (χ4n) is 2.16. The molecule has 0 aliphatic carbocycles. The van der Waals surface area contributed by atoms with E-state index in [0.29, 0.717) is 0 Å². The molecule has 1 saturated heterocycles. The third-order valence-corrected chi connectivity index (χ3v) is 3.81. The molecule has 82 valence electrons. The zero-order chi connectivity index (χ0) is 10.8. The molecule has 1 aromatic rings. The molecule has 1 aliphatic rings. The van der Waals surface area contributed by atoms with Crippen molar-refractivity contribution in [3.8, 4) is 0 Å². The van der Waals surface area contributed by atoms with Crippen LogP contribution >= 0.6 is 15.9 Å². The maximum absolute atomic E-state index is 5.73. The molecule has 1 atom stereocenters. The summed E-state index contributed by atoms with van der Waals surface area (Å²) in [5, 5.41) is 0. The minimum absolute atomic E-state index is 0.817. The molecule has 3 heteroatoms. The fraction of sp³-hybridized carbons (Fsp3) is 0.500. The number of benzene rings is 1. The minimum Gasteiger partial charge on any atom is -0.399 e. The molecule has 0 saturated carbocycles. The molecule has 0 amide bonds. The van der Waals surface area contributed by atoms with Crippen LogP contribution in [0.1, 0.15) is 19.8 Å². The van der Waals surface area contributed by atoms with Gasteiger partial charge in [-0.15, -0.1) is 0 Å². The molecule has 2 nitrogen and oxygen atoms in total. The van der Waals surface area contributed by atoms with Crippen molar-refractivity contribution in [2.24, 2.45) is 5.92 Å². The molecule has 1 heterocycles. The molecule has 0 aromatic heterocycles. The number of nitrogens with two attached hydrogens (primary N) is 1. The molecule has 2 N–H and O–H groups in total. The number of nitrogen functional groups attached to an aromatic ring is 1. The lowest BCUT2D eigenvalue weighted by Crippen LogP contribution is -2.19. The van der Waals surface area contributed by atoms with E-state index in [1.807, 2.05) is 12.1 Å². The van der Waals surface area contributed by atoms with Gasteiger partial charge in [-0.1, -0.05) is 13.3 Å². The standard InChI is InChI=1S/C12H17BrN2/c1-2-9-5-6-15(8-9)12-4-3-10(14)7-11(12)13/h3-4,7,9H,2,5-6,8,14H2,1H3. The van der Waals surface area contributed by atoms with Gasteiger partial charge in [0.25, 0.3) is 0 Å². The van der Waals surface area contributed by atoms with E-state index in [1.54, 1.807) is 0 Å². The van der Waals surface area contributed by atoms with E-state index in [-0.39, 0.29) is 0 Å². The third kappa shape index (κ3) is 2.28. The van der Waals surface area contributed by atoms with Crippen molar-refractivity contribution >= 4 is 27.3 Å². The molecule has 1 unspecified atom stereocenters. The average Bonchev–Trinajstić information content (AvgIpc) is 2.66. The van der Waals surface area contributed by atoms with Crippen LogP contribution in [0.2, 0.25) is 0 Å². The van der Waals surface area contributed by atoms with E-state index in [4.69, 9.17) is 5.73 Å². The Morgan fingerprint density at radius 1 is 1.53 bits per heavy atom. The first kappa shape index (κ1) is 10.8. The highest BCUT2D eigenvalue weighted by Crippen LogP contribution is 2.32. The summed E-state index contributed by atoms with van der Waals surface area (Å²) < 4.78 is 1.11. The summed E-state index contributed by atoms with van der Waals surface area (Å²) in [4.78, 5) is 2.44. The summed E-state index contributed by atoms with van der Waals surface area (Å²) in [5.41, 5.74) is 7.83. The van der Waals surface area contributed by atoms with Crippen molar-refractivity contribution in [3.05, 3.63) is 22.7 Å². The Morgan fingerprint density at radius 3 is 2.93 bits per heavy atom. The van der Waals surface area contributed by atoms with Crippen LogP contribution in [-0.4, -0.2) is 13.1 Å². The molecular weight excluding hydrogens is 252 g/mol. The number of rotatable bonds is 2. The highest BCUT2D eigenvalue weighted by atomic mass is 79.9. The molecule has 1 aliphatic heterocycles. The summed E-state index contributed by atoms with van der Waals surface area (Å²) in [6.45, 7) is 4.62. The number of anilines is 2. The van der Waals surface area contributed by atoms with Crippen molar-refractivity contribution in [1.29, 1.82) is 0 Å². The summed E-state index contributed by atoms with van der Waals surface area (Å²) >= 11 is 3.58. The van der Waals surface area contributed by atoms with E-state index in [0.717, 1.165) is 16.1 Å². The van der Waals surface area contributed by atoms with Gasteiger partial charge in [0.05, 0.1) is 5.69 Å². The van der Waals surface area contributed by atoms with Crippen molar-refractivity contribution < 1.29 is 0 Å². The first-order valence-electron chi connectivity index (χ1n) is 5.50. The third-order valence-electron chi connectivity index (χ3n) is 3.18. The van der Waals surface area contributed by atoms with Gasteiger partial charge in [0.15, 0.2) is 0 Å². The molecule has 1 aromatic carbocycles. The maximum atomic E-state index is 5.73. The summed E-state index contributed by atoms with van der Waals surface area (Å²) in [6.07, 6.45) is 2.59. The van der Waals surface area contributed by atoms with Crippen LogP contribution in [0.15, 0.2) is 22.7 Å². The predicted molar refractivity (Wildman–Crippen MR) is 69.2 cm³/mol. The molecule has 0 spiro atoms. The van der Waals surface area contributed by atoms with E-state index >= 15 is 0 Å². The highest BCUT2D eigenvalue weighted by molar-refractivity contribution is 9.10. The minimum atomic E-state index is 0.817. The number of halogens is 1. The number of hydrogen-bond acceptors (Lipinski definition) is 2. The maximum Gasteiger partial charge on any atom is 0.0512 e. The highest BCUT2D eigenvalue weighted by Gasteiger charge is 2.22. The van der Waals surface area contributed by atoms with Gasteiger partial charge < -0.3 is 10.6 Å². The Morgan fingerprint density at radius 2 is 2.33 bits per heavy atom. The smallest absolute Gasteiger partial charge is 0.0512 e. The fourth-order valence-corrected chi connectivity index (χ4v) is 2.81. The monoisotopic (exact) mass is 268 g/mol. The number of hydrogen-bond donors (Lipinski definition) is 1. The average molecular weight is 269 g/mol. The van der Waals surface area contributed by atoms with E-state index in [2.05, 4.69) is 33.8 Å². The normalized spacial score (nSPS) is 20.9. The second-order valence-electron chi connectivity index (χ2n) is 4.22. The molecular formula is C12H17BrN2. The van der Waals surface area contributed by atoms with Crippen LogP contribution in [-0.2, 0) is 0 Å². The van der Waals surface area contributed by atoms with E-state index in [1.165, 1.54) is 31.6 Å². The Balaban J connectivity index is 2.17. The Bertz CT molecular complexity index is 351. The van der Waals surface area contributed by atoms with Crippen molar-refractivity contribution in [2.75, 3.05) is 23.7 Å². The van der Waals surface area contributed by atoms with Gasteiger partial charge in [-0.05, 0) is 46.5 Å². The van der Waals surface area contributed by atoms with Gasteiger partial charge in [0, 0.05) is 23.2 Å². The van der Waals surface area contributed by atoms with Crippen LogP contribution in [0.3, 0.4) is 0 Å². The summed E-state index contributed by atoms with van der Waals surface area (Å²) in [5.74, 6) is 0.856. The lowest BCUT2D eigenvalue weighted by molar-refractivity contribution is 0.569. The van der Waals surface area contributed by atoms with Crippen molar-refractivity contribution in [3.63, 3.8) is 0 Å². The second-order valence-corrected chi connectivity index (χ2v) is 5.07. The first-order valence-corrected chi connectivity index (χ1v) is 6.30. The lowest BCUT2D eigenvalue weighted by Gasteiger charge is -2.20. The van der Waals surface area contributed by atoms with E-state index in [9.17, 15) is 0 Å². The quantitative estimate of drug-likeness (QED) is 0.835. The largest absolute Gasteiger partial charge is 0.399 e. The second kappa shape index (κ2) is 4.44. The zero-order valence-corrected chi connectivity index (χ0v) is 10.6. The lowest BCUT2D eigenvalue weighted by atomic mass is 10.1. The van der Waals surface area contributed by atoms with Gasteiger partial charge in [0.2, 0.25) is 0 Å². The molecule has 0 radical (unpaired) electrons. The molecule has 0 bridgehead atoms. The Labute approximate surface area is 99.6 Å². The van der Waals surface area contributed by atoms with Gasteiger partial charge in [0.1, 0.15) is 0 Å². The van der Waals surface area contributed by atoms with Crippen molar-refractivity contribution in [1.82, 2.24) is 0 Å². The first-order chi connectivity index (χ1) is 7.20. The van der Waals surface area contributed by atoms with Crippen LogP contribution in [0.5, 0.6) is 0 Å². The van der Waals surface area contributed by atoms with Crippen LogP contribution in [0.25, 0.3) is 0 Å². The van der Waals surface area contributed by atoms with Gasteiger partial charge in [-0.3, -0.25) is 0 Å². The zero-order valence-electron chi connectivity index (χ0n) is 9.04. The molecule has 1 fully saturated rings. The van der Waals surface area contributed by atoms with Crippen LogP contribution < -0.4 is 10.6 Å². The predicted octanol–water partition coefficient (Wildman–Crippen LogP) is 3.27. The van der Waals surface area contributed by atoms with Gasteiger partial charge in [-0.25, -0.2) is 0 Å². The van der Waals surface area contributed by atoms with Crippen molar-refractivity contribution in [2.45, 2.75) is 19.8 Å². The summed E-state index contributed by atoms with van der Waals surface area (Å²) in [7, 11) is 0. The van der Waals surface area contributed by atoms with Crippen LogP contribution in [0.4, 0.5) is 11.4 Å². The summed E-state index contributed by atoms with van der Waals surface area (Å²) in [6, 6.07) is 6.06. The Kier molecular flexibility index (Phi) is 3.19. The Hall–Kier alpha value is -0.700. The topological polar surface area (TPSA) is 29.3 Å².